The van der Waals surface area contributed by atoms with Crippen molar-refractivity contribution >= 4 is 51.1 Å². The zero-order chi connectivity index (χ0) is 25.2. The van der Waals surface area contributed by atoms with E-state index in [9.17, 15) is 29.9 Å². The standard InChI is InChI=1S/C23H22N4O6S2/c1-11(28)15-18-23(2,8-12-4-6-13(7-5-12)27(32)33)16(17(22(30)31)26(18)20(15)29)14-9-35-21-19(34-3)24-10-25(14)21/h4-7,9-11,15,18,28H,8H2,1-3H3,(H,30,31)/t11-,15-,18-,23+/m1/s1. The van der Waals surface area contributed by atoms with Crippen molar-refractivity contribution in [2.24, 2.45) is 11.3 Å². The van der Waals surface area contributed by atoms with Gasteiger partial charge in [0.1, 0.15) is 21.9 Å². The number of nitro groups is 1. The first kappa shape index (κ1) is 23.5. The minimum Gasteiger partial charge on any atom is -0.477 e. The van der Waals surface area contributed by atoms with E-state index in [1.165, 1.54) is 47.1 Å². The van der Waals surface area contributed by atoms with Crippen LogP contribution in [0.2, 0.25) is 0 Å². The van der Waals surface area contributed by atoms with E-state index < -0.39 is 40.3 Å². The van der Waals surface area contributed by atoms with Crippen molar-refractivity contribution < 1.29 is 24.7 Å². The number of thioether (sulfide) groups is 1. The zero-order valence-corrected chi connectivity index (χ0v) is 20.7. The molecule has 1 aromatic carbocycles. The largest absolute Gasteiger partial charge is 0.477 e. The number of carboxylic acid groups (broad SMARTS) is 1. The van der Waals surface area contributed by atoms with E-state index in [1.54, 1.807) is 18.5 Å². The summed E-state index contributed by atoms with van der Waals surface area (Å²) in [7, 11) is 0. The van der Waals surface area contributed by atoms with Crippen molar-refractivity contribution in [2.45, 2.75) is 37.4 Å². The van der Waals surface area contributed by atoms with Gasteiger partial charge in [-0.05, 0) is 25.2 Å². The second-order valence-electron chi connectivity index (χ2n) is 9.02. The second kappa shape index (κ2) is 8.18. The predicted octanol–water partition coefficient (Wildman–Crippen LogP) is 3.29. The fourth-order valence-corrected chi connectivity index (χ4v) is 7.20. The molecule has 4 atom stereocenters. The van der Waals surface area contributed by atoms with Crippen molar-refractivity contribution in [2.75, 3.05) is 6.26 Å². The Bertz CT molecular complexity index is 1410. The number of β-lactam (4-membered cyclic amide) rings is 1. The molecule has 2 N–H and O–H groups in total. The topological polar surface area (TPSA) is 138 Å². The van der Waals surface area contributed by atoms with Crippen molar-refractivity contribution in [3.63, 3.8) is 0 Å². The number of rotatable bonds is 7. The van der Waals surface area contributed by atoms with Crippen LogP contribution in [-0.4, -0.2) is 59.7 Å². The number of aliphatic hydroxyl groups is 1. The van der Waals surface area contributed by atoms with Gasteiger partial charge in [0.05, 0.1) is 28.7 Å². The smallest absolute Gasteiger partial charge is 0.353 e. The monoisotopic (exact) mass is 514 g/mol. The number of fused-ring (bicyclic) bond motifs is 2. The molecule has 2 aliphatic rings. The second-order valence-corrected chi connectivity index (χ2v) is 10.7. The Kier molecular flexibility index (Phi) is 5.49. The Morgan fingerprint density at radius 1 is 1.37 bits per heavy atom. The highest BCUT2D eigenvalue weighted by molar-refractivity contribution is 7.98. The highest BCUT2D eigenvalue weighted by Crippen LogP contribution is 2.59. The molecule has 4 heterocycles. The molecule has 3 aromatic rings. The number of nitro benzene ring substituents is 1. The summed E-state index contributed by atoms with van der Waals surface area (Å²) >= 11 is 2.93. The van der Waals surface area contributed by atoms with Crippen LogP contribution in [0.5, 0.6) is 0 Å². The van der Waals surface area contributed by atoms with Crippen LogP contribution in [-0.2, 0) is 16.0 Å². The van der Waals surface area contributed by atoms with Crippen LogP contribution in [0.25, 0.3) is 10.4 Å². The summed E-state index contributed by atoms with van der Waals surface area (Å²) in [5.41, 5.74) is 0.842. The molecule has 10 nitrogen and oxygen atoms in total. The van der Waals surface area contributed by atoms with Gasteiger partial charge in [-0.1, -0.05) is 19.1 Å². The number of benzene rings is 1. The molecule has 0 aliphatic carbocycles. The molecule has 0 saturated carbocycles. The number of aromatic nitrogens is 2. The third-order valence-corrected chi connectivity index (χ3v) is 8.74. The van der Waals surface area contributed by atoms with Crippen LogP contribution in [0.4, 0.5) is 5.69 Å². The van der Waals surface area contributed by atoms with Crippen molar-refractivity contribution in [1.82, 2.24) is 14.3 Å². The summed E-state index contributed by atoms with van der Waals surface area (Å²) in [5.74, 6) is -2.41. The molecule has 2 aliphatic heterocycles. The Morgan fingerprint density at radius 3 is 2.63 bits per heavy atom. The number of aliphatic carboxylic acids is 1. The maximum Gasteiger partial charge on any atom is 0.353 e. The molecule has 5 rings (SSSR count). The fraction of sp³-hybridized carbons (Fsp3) is 0.348. The lowest BCUT2D eigenvalue weighted by molar-refractivity contribution is -0.384. The van der Waals surface area contributed by atoms with Crippen LogP contribution < -0.4 is 0 Å². The summed E-state index contributed by atoms with van der Waals surface area (Å²) in [5, 5.41) is 34.5. The molecule has 0 bridgehead atoms. The van der Waals surface area contributed by atoms with Gasteiger partial charge in [0.25, 0.3) is 5.69 Å². The number of nitrogens with zero attached hydrogens (tertiary/aromatic N) is 4. The fourth-order valence-electron chi connectivity index (χ4n) is 5.51. The highest BCUT2D eigenvalue weighted by atomic mass is 32.2. The Morgan fingerprint density at radius 2 is 2.06 bits per heavy atom. The lowest BCUT2D eigenvalue weighted by Crippen LogP contribution is -2.66. The van der Waals surface area contributed by atoms with E-state index in [2.05, 4.69) is 4.98 Å². The number of carbonyl (C=O) groups excluding carboxylic acids is 1. The minimum absolute atomic E-state index is 0.0443. The number of aliphatic hydroxyl groups excluding tert-OH is 1. The average molecular weight is 515 g/mol. The van der Waals surface area contributed by atoms with E-state index in [0.29, 0.717) is 17.7 Å². The predicted molar refractivity (Wildman–Crippen MR) is 130 cm³/mol. The van der Waals surface area contributed by atoms with Gasteiger partial charge in [-0.25, -0.2) is 9.78 Å². The van der Waals surface area contributed by atoms with Crippen LogP contribution in [0.3, 0.4) is 0 Å². The maximum atomic E-state index is 13.1. The van der Waals surface area contributed by atoms with Crippen molar-refractivity contribution in [3.8, 4) is 0 Å². The number of carbonyl (C=O) groups is 2. The van der Waals surface area contributed by atoms with Gasteiger partial charge < -0.3 is 15.1 Å². The third kappa shape index (κ3) is 3.31. The van der Waals surface area contributed by atoms with Crippen LogP contribution in [0.1, 0.15) is 25.1 Å². The van der Waals surface area contributed by atoms with Crippen LogP contribution in [0.15, 0.2) is 46.7 Å². The van der Waals surface area contributed by atoms with Gasteiger partial charge in [-0.15, -0.1) is 23.1 Å². The van der Waals surface area contributed by atoms with Gasteiger partial charge >= 0.3 is 5.97 Å². The summed E-state index contributed by atoms with van der Waals surface area (Å²) in [6.07, 6.45) is 2.91. The summed E-state index contributed by atoms with van der Waals surface area (Å²) in [6.45, 7) is 3.43. The number of non-ortho nitro benzene ring substituents is 1. The van der Waals surface area contributed by atoms with E-state index in [4.69, 9.17) is 0 Å². The number of hydrogen-bond acceptors (Lipinski definition) is 8. The first-order valence-electron chi connectivity index (χ1n) is 10.8. The van der Waals surface area contributed by atoms with Crippen molar-refractivity contribution in [3.05, 3.63) is 63.0 Å². The summed E-state index contributed by atoms with van der Waals surface area (Å²) in [4.78, 5) is 42.9. The number of imidazole rings is 1. The Hall–Kier alpha value is -3.22. The normalized spacial score (nSPS) is 24.6. The van der Waals surface area contributed by atoms with Gasteiger partial charge in [-0.2, -0.15) is 0 Å². The Balaban J connectivity index is 1.71. The number of hydrogen-bond donors (Lipinski definition) is 2. The number of carboxylic acids is 1. The van der Waals surface area contributed by atoms with E-state index in [0.717, 1.165) is 15.4 Å². The van der Waals surface area contributed by atoms with Crippen LogP contribution >= 0.6 is 23.1 Å². The lowest BCUT2D eigenvalue weighted by Gasteiger charge is -2.51. The molecule has 0 unspecified atom stereocenters. The summed E-state index contributed by atoms with van der Waals surface area (Å²) in [6, 6.07) is 5.54. The summed E-state index contributed by atoms with van der Waals surface area (Å²) < 4.78 is 1.84. The van der Waals surface area contributed by atoms with Gasteiger partial charge in [0.15, 0.2) is 0 Å². The van der Waals surface area contributed by atoms with Crippen LogP contribution in [0, 0.1) is 21.4 Å². The molecule has 182 valence electrons. The maximum absolute atomic E-state index is 13.1. The van der Waals surface area contributed by atoms with Crippen molar-refractivity contribution in [1.29, 1.82) is 0 Å². The zero-order valence-electron chi connectivity index (χ0n) is 19.0. The van der Waals surface area contributed by atoms with Gasteiger partial charge in [0.2, 0.25) is 5.91 Å². The first-order valence-corrected chi connectivity index (χ1v) is 12.9. The molecule has 0 radical (unpaired) electrons. The van der Waals surface area contributed by atoms with Gasteiger partial charge in [-0.3, -0.25) is 19.3 Å². The molecular formula is C23H22N4O6S2. The molecular weight excluding hydrogens is 492 g/mol. The SMILES string of the molecule is CSc1ncn2c(C3=C(C(=O)O)N4C(=O)[C@H]([C@@H](C)O)[C@@H]4[C@@]3(C)Cc3ccc([N+](=O)[O-])cc3)csc12. The molecule has 35 heavy (non-hydrogen) atoms. The molecule has 2 aromatic heterocycles. The average Bonchev–Trinajstić information content (AvgIpc) is 3.44. The van der Waals surface area contributed by atoms with E-state index in [1.807, 2.05) is 23.0 Å². The molecule has 1 saturated heterocycles. The molecule has 0 spiro atoms. The molecule has 12 heteroatoms. The number of amides is 1. The first-order chi connectivity index (χ1) is 16.6. The van der Waals surface area contributed by atoms with E-state index in [-0.39, 0.29) is 11.4 Å². The highest BCUT2D eigenvalue weighted by Gasteiger charge is 2.66. The molecule has 1 amide bonds. The lowest BCUT2D eigenvalue weighted by atomic mass is 9.64. The number of thiazole rings is 1. The van der Waals surface area contributed by atoms with E-state index >= 15 is 0 Å². The molecule has 1 fully saturated rings. The minimum atomic E-state index is -1.22. The van der Waals surface area contributed by atoms with Gasteiger partial charge in [0, 0.05) is 28.5 Å². The quantitative estimate of drug-likeness (QED) is 0.212. The Labute approximate surface area is 208 Å². The third-order valence-electron chi connectivity index (χ3n) is 6.97.